The average Bonchev–Trinajstić information content (AvgIpc) is 2.60. The Hall–Kier alpha value is -2.93. The van der Waals surface area contributed by atoms with Crippen molar-refractivity contribution < 1.29 is 4.92 Å². The fourth-order valence-electron chi connectivity index (χ4n) is 2.34. The maximum Gasteiger partial charge on any atom is 0.269 e. The molecule has 25 heavy (non-hydrogen) atoms. The Labute approximate surface area is 148 Å². The van der Waals surface area contributed by atoms with E-state index in [1.807, 2.05) is 30.3 Å². The number of nitro groups is 1. The first-order valence-corrected chi connectivity index (χ1v) is 8.55. The molecular weight excluding hydrogens is 338 g/mol. The highest BCUT2D eigenvalue weighted by Gasteiger charge is 2.11. The molecule has 0 saturated heterocycles. The molecule has 0 aliphatic carbocycles. The number of hydrogen-bond donors (Lipinski definition) is 0. The van der Waals surface area contributed by atoms with Crippen molar-refractivity contribution in [2.45, 2.75) is 17.8 Å². The summed E-state index contributed by atoms with van der Waals surface area (Å²) in [7, 11) is 0. The summed E-state index contributed by atoms with van der Waals surface area (Å²) in [6.07, 6.45) is 0. The van der Waals surface area contributed by atoms with E-state index in [0.717, 1.165) is 11.3 Å². The van der Waals surface area contributed by atoms with Crippen molar-refractivity contribution in [2.24, 2.45) is 0 Å². The highest BCUT2D eigenvalue weighted by atomic mass is 32.2. The zero-order valence-corrected chi connectivity index (χ0v) is 14.3. The van der Waals surface area contributed by atoms with Gasteiger partial charge >= 0.3 is 0 Å². The third kappa shape index (κ3) is 3.95. The van der Waals surface area contributed by atoms with Crippen LogP contribution in [0.15, 0.2) is 70.6 Å². The number of aromatic nitrogens is 2. The zero-order chi connectivity index (χ0) is 17.8. The lowest BCUT2D eigenvalue weighted by atomic mass is 10.2. The minimum Gasteiger partial charge on any atom is -0.269 e. The molecule has 0 radical (unpaired) electrons. The number of para-hydroxylation sites is 1. The normalized spacial score (nSPS) is 10.6. The van der Waals surface area contributed by atoms with E-state index < -0.39 is 4.92 Å². The molecule has 0 aliphatic heterocycles. The summed E-state index contributed by atoms with van der Waals surface area (Å²) in [6, 6.07) is 17.2. The minimum atomic E-state index is -0.425. The molecule has 0 aliphatic rings. The fraction of sp³-hybridized carbons (Fsp3) is 0.111. The third-order valence-electron chi connectivity index (χ3n) is 3.55. The number of aryl methyl sites for hydroxylation is 1. The van der Waals surface area contributed by atoms with Crippen LogP contribution in [0.2, 0.25) is 0 Å². The molecule has 0 atom stereocenters. The molecule has 3 rings (SSSR count). The van der Waals surface area contributed by atoms with E-state index in [9.17, 15) is 14.9 Å². The van der Waals surface area contributed by atoms with Crippen LogP contribution in [0.25, 0.3) is 5.69 Å². The van der Waals surface area contributed by atoms with Gasteiger partial charge in [0.05, 0.1) is 10.6 Å². The van der Waals surface area contributed by atoms with Crippen molar-refractivity contribution in [3.8, 4) is 5.69 Å². The maximum absolute atomic E-state index is 12.4. The number of thioether (sulfide) groups is 1. The van der Waals surface area contributed by atoms with E-state index in [1.165, 1.54) is 30.0 Å². The molecule has 3 aromatic rings. The number of nitrogens with zero attached hydrogens (tertiary/aromatic N) is 3. The van der Waals surface area contributed by atoms with E-state index in [0.29, 0.717) is 16.6 Å². The predicted octanol–water partition coefficient (Wildman–Crippen LogP) is 3.74. The largest absolute Gasteiger partial charge is 0.269 e. The van der Waals surface area contributed by atoms with Crippen LogP contribution in [0.5, 0.6) is 0 Å². The van der Waals surface area contributed by atoms with Crippen molar-refractivity contribution in [3.05, 3.63) is 92.4 Å². The maximum atomic E-state index is 12.4. The quantitative estimate of drug-likeness (QED) is 0.302. The topological polar surface area (TPSA) is 78.0 Å². The van der Waals surface area contributed by atoms with E-state index in [1.54, 1.807) is 23.6 Å². The van der Waals surface area contributed by atoms with Crippen molar-refractivity contribution in [2.75, 3.05) is 0 Å². The fourth-order valence-corrected chi connectivity index (χ4v) is 3.37. The standard InChI is InChI=1S/C18H15N3O3S/c1-13-11-17(22)20(15-5-3-2-4-6-15)18(19-13)25-12-14-7-9-16(10-8-14)21(23)24/h2-11H,12H2,1H3. The van der Waals surface area contributed by atoms with E-state index in [4.69, 9.17) is 0 Å². The van der Waals surface area contributed by atoms with Gasteiger partial charge in [0.2, 0.25) is 0 Å². The molecule has 0 spiro atoms. The highest BCUT2D eigenvalue weighted by Crippen LogP contribution is 2.24. The van der Waals surface area contributed by atoms with Gasteiger partial charge in [-0.05, 0) is 24.6 Å². The molecule has 0 bridgehead atoms. The van der Waals surface area contributed by atoms with Crippen molar-refractivity contribution in [1.29, 1.82) is 0 Å². The monoisotopic (exact) mass is 353 g/mol. The smallest absolute Gasteiger partial charge is 0.269 e. The van der Waals surface area contributed by atoms with Gasteiger partial charge in [-0.1, -0.05) is 42.1 Å². The third-order valence-corrected chi connectivity index (χ3v) is 4.56. The van der Waals surface area contributed by atoms with Crippen LogP contribution in [-0.2, 0) is 5.75 Å². The predicted molar refractivity (Wildman–Crippen MR) is 97.2 cm³/mol. The van der Waals surface area contributed by atoms with Crippen LogP contribution >= 0.6 is 11.8 Å². The van der Waals surface area contributed by atoms with Gasteiger partial charge in [-0.15, -0.1) is 0 Å². The van der Waals surface area contributed by atoms with Gasteiger partial charge in [0, 0.05) is 29.6 Å². The summed E-state index contributed by atoms with van der Waals surface area (Å²) in [5.41, 5.74) is 2.26. The lowest BCUT2D eigenvalue weighted by molar-refractivity contribution is -0.384. The molecule has 0 N–H and O–H groups in total. The van der Waals surface area contributed by atoms with E-state index >= 15 is 0 Å². The van der Waals surface area contributed by atoms with Gasteiger partial charge in [-0.25, -0.2) is 4.98 Å². The summed E-state index contributed by atoms with van der Waals surface area (Å²) >= 11 is 1.42. The molecule has 1 aromatic heterocycles. The highest BCUT2D eigenvalue weighted by molar-refractivity contribution is 7.98. The number of hydrogen-bond acceptors (Lipinski definition) is 5. The number of nitro benzene ring substituents is 1. The van der Waals surface area contributed by atoms with Crippen molar-refractivity contribution in [1.82, 2.24) is 9.55 Å². The Bertz CT molecular complexity index is 954. The number of non-ortho nitro benzene ring substituents is 1. The van der Waals surface area contributed by atoms with E-state index in [-0.39, 0.29) is 11.2 Å². The second-order valence-electron chi connectivity index (χ2n) is 5.40. The van der Waals surface area contributed by atoms with Crippen LogP contribution in [0.4, 0.5) is 5.69 Å². The number of rotatable bonds is 5. The van der Waals surface area contributed by atoms with Gasteiger partial charge in [-0.3, -0.25) is 19.5 Å². The SMILES string of the molecule is Cc1cc(=O)n(-c2ccccc2)c(SCc2ccc([N+](=O)[O-])cc2)n1. The Morgan fingerprint density at radius 3 is 2.44 bits per heavy atom. The lowest BCUT2D eigenvalue weighted by Gasteiger charge is -2.12. The molecule has 0 saturated carbocycles. The molecule has 0 fully saturated rings. The summed E-state index contributed by atoms with van der Waals surface area (Å²) in [5.74, 6) is 0.556. The van der Waals surface area contributed by atoms with Gasteiger partial charge in [0.25, 0.3) is 11.2 Å². The van der Waals surface area contributed by atoms with Gasteiger partial charge in [0.15, 0.2) is 5.16 Å². The second kappa shape index (κ2) is 7.31. The van der Waals surface area contributed by atoms with Gasteiger partial charge in [-0.2, -0.15) is 0 Å². The first-order chi connectivity index (χ1) is 12.0. The molecule has 6 nitrogen and oxygen atoms in total. The lowest BCUT2D eigenvalue weighted by Crippen LogP contribution is -2.21. The molecule has 126 valence electrons. The van der Waals surface area contributed by atoms with Crippen molar-refractivity contribution >= 4 is 17.4 Å². The minimum absolute atomic E-state index is 0.0589. The van der Waals surface area contributed by atoms with E-state index in [2.05, 4.69) is 4.98 Å². The first kappa shape index (κ1) is 16.9. The van der Waals surface area contributed by atoms with Crippen LogP contribution in [0.1, 0.15) is 11.3 Å². The molecule has 2 aromatic carbocycles. The summed E-state index contributed by atoms with van der Waals surface area (Å²) < 4.78 is 1.57. The van der Waals surface area contributed by atoms with Gasteiger partial charge < -0.3 is 0 Å². The Morgan fingerprint density at radius 2 is 1.80 bits per heavy atom. The van der Waals surface area contributed by atoms with Crippen LogP contribution < -0.4 is 5.56 Å². The Morgan fingerprint density at radius 1 is 1.12 bits per heavy atom. The van der Waals surface area contributed by atoms with Crippen LogP contribution in [-0.4, -0.2) is 14.5 Å². The van der Waals surface area contributed by atoms with Gasteiger partial charge in [0.1, 0.15) is 0 Å². The van der Waals surface area contributed by atoms with Crippen LogP contribution in [0, 0.1) is 17.0 Å². The Balaban J connectivity index is 1.89. The number of benzene rings is 2. The molecule has 0 amide bonds. The second-order valence-corrected chi connectivity index (χ2v) is 6.34. The molecular formula is C18H15N3O3S. The van der Waals surface area contributed by atoms with Crippen molar-refractivity contribution in [3.63, 3.8) is 0 Å². The molecule has 7 heteroatoms. The Kier molecular flexibility index (Phi) is 4.95. The van der Waals surface area contributed by atoms with Crippen LogP contribution in [0.3, 0.4) is 0 Å². The average molecular weight is 353 g/mol. The molecule has 1 heterocycles. The summed E-state index contributed by atoms with van der Waals surface area (Å²) in [6.45, 7) is 1.78. The first-order valence-electron chi connectivity index (χ1n) is 7.57. The molecule has 0 unspecified atom stereocenters. The summed E-state index contributed by atoms with van der Waals surface area (Å²) in [4.78, 5) is 27.2. The summed E-state index contributed by atoms with van der Waals surface area (Å²) in [5, 5.41) is 11.3. The zero-order valence-electron chi connectivity index (χ0n) is 13.5.